The predicted octanol–water partition coefficient (Wildman–Crippen LogP) is 3.88. The van der Waals surface area contributed by atoms with E-state index < -0.39 is 0 Å². The van der Waals surface area contributed by atoms with Gasteiger partial charge < -0.3 is 14.8 Å². The van der Waals surface area contributed by atoms with E-state index in [1.807, 2.05) is 0 Å². The van der Waals surface area contributed by atoms with Crippen LogP contribution in [-0.2, 0) is 9.47 Å². The Hall–Kier alpha value is -1.43. The van der Waals surface area contributed by atoms with Gasteiger partial charge in [0, 0.05) is 37.3 Å². The number of halogens is 2. The summed E-state index contributed by atoms with van der Waals surface area (Å²) in [5, 5.41) is 4.22. The van der Waals surface area contributed by atoms with Crippen molar-refractivity contribution in [3.05, 3.63) is 35.2 Å². The minimum absolute atomic E-state index is 0.292. The Kier molecular flexibility index (Phi) is 5.65. The van der Waals surface area contributed by atoms with E-state index >= 15 is 0 Å². The first-order chi connectivity index (χ1) is 11.3. The number of anilines is 1. The molecule has 3 rings (SSSR count). The second kappa shape index (κ2) is 7.90. The Morgan fingerprint density at radius 2 is 2.30 bits per heavy atom. The van der Waals surface area contributed by atoms with Crippen molar-refractivity contribution in [1.82, 2.24) is 4.98 Å². The molecule has 0 saturated carbocycles. The smallest absolute Gasteiger partial charge is 0.172 e. The van der Waals surface area contributed by atoms with Crippen molar-refractivity contribution in [3.63, 3.8) is 0 Å². The molecule has 0 bridgehead atoms. The van der Waals surface area contributed by atoms with Crippen LogP contribution in [0.3, 0.4) is 0 Å². The van der Waals surface area contributed by atoms with Crippen LogP contribution in [-0.4, -0.2) is 38.0 Å². The lowest BCUT2D eigenvalue weighted by atomic mass is 10.1. The number of rotatable bonds is 7. The van der Waals surface area contributed by atoms with Crippen molar-refractivity contribution in [2.75, 3.05) is 38.3 Å². The topological polar surface area (TPSA) is 43.4 Å². The molecule has 4 nitrogen and oxygen atoms in total. The predicted molar refractivity (Wildman–Crippen MR) is 89.6 cm³/mol. The maximum absolute atomic E-state index is 14.4. The van der Waals surface area contributed by atoms with E-state index in [0.717, 1.165) is 32.7 Å². The average Bonchev–Trinajstić information content (AvgIpc) is 3.07. The second-order valence-corrected chi connectivity index (χ2v) is 6.11. The Balaban J connectivity index is 1.46. The SMILES string of the molecule is Fc1c(NCCCOCC2CCOC2)ccc2c(Cl)ccnc12. The Morgan fingerprint density at radius 1 is 1.39 bits per heavy atom. The molecule has 1 aliphatic rings. The third kappa shape index (κ3) is 4.10. The van der Waals surface area contributed by atoms with E-state index in [0.29, 0.717) is 40.7 Å². The molecule has 1 N–H and O–H groups in total. The molecule has 0 amide bonds. The lowest BCUT2D eigenvalue weighted by Crippen LogP contribution is -2.12. The van der Waals surface area contributed by atoms with E-state index in [4.69, 9.17) is 21.1 Å². The van der Waals surface area contributed by atoms with Crippen LogP contribution in [0, 0.1) is 11.7 Å². The van der Waals surface area contributed by atoms with E-state index in [-0.39, 0.29) is 5.82 Å². The van der Waals surface area contributed by atoms with Gasteiger partial charge in [0.1, 0.15) is 5.52 Å². The average molecular weight is 339 g/mol. The number of nitrogens with zero attached hydrogens (tertiary/aromatic N) is 1. The van der Waals surface area contributed by atoms with E-state index in [1.165, 1.54) is 6.20 Å². The fourth-order valence-corrected chi connectivity index (χ4v) is 2.86. The van der Waals surface area contributed by atoms with Crippen LogP contribution >= 0.6 is 11.6 Å². The first kappa shape index (κ1) is 16.4. The number of nitrogens with one attached hydrogen (secondary N) is 1. The number of fused-ring (bicyclic) bond motifs is 1. The van der Waals surface area contributed by atoms with E-state index in [2.05, 4.69) is 10.3 Å². The van der Waals surface area contributed by atoms with Gasteiger partial charge in [-0.3, -0.25) is 4.98 Å². The molecule has 0 spiro atoms. The molecular formula is C17H20ClFN2O2. The summed E-state index contributed by atoms with van der Waals surface area (Å²) in [6, 6.07) is 5.14. The summed E-state index contributed by atoms with van der Waals surface area (Å²) < 4.78 is 25.3. The highest BCUT2D eigenvalue weighted by atomic mass is 35.5. The fourth-order valence-electron chi connectivity index (χ4n) is 2.65. The zero-order chi connectivity index (χ0) is 16.1. The summed E-state index contributed by atoms with van der Waals surface area (Å²) in [5.74, 6) is 0.158. The van der Waals surface area contributed by atoms with E-state index in [1.54, 1.807) is 18.2 Å². The fraction of sp³-hybridized carbons (Fsp3) is 0.471. The Morgan fingerprint density at radius 3 is 3.13 bits per heavy atom. The van der Waals surface area contributed by atoms with Gasteiger partial charge in [0.15, 0.2) is 5.82 Å². The number of pyridine rings is 1. The molecule has 23 heavy (non-hydrogen) atoms. The van der Waals surface area contributed by atoms with E-state index in [9.17, 15) is 4.39 Å². The third-order valence-electron chi connectivity index (χ3n) is 3.96. The van der Waals surface area contributed by atoms with Crippen molar-refractivity contribution in [3.8, 4) is 0 Å². The highest BCUT2D eigenvalue weighted by Crippen LogP contribution is 2.27. The summed E-state index contributed by atoms with van der Waals surface area (Å²) in [4.78, 5) is 4.07. The third-order valence-corrected chi connectivity index (χ3v) is 4.29. The van der Waals surface area contributed by atoms with Gasteiger partial charge >= 0.3 is 0 Å². The van der Waals surface area contributed by atoms with Crippen LogP contribution in [0.2, 0.25) is 5.02 Å². The van der Waals surface area contributed by atoms with Crippen LogP contribution < -0.4 is 5.32 Å². The van der Waals surface area contributed by atoms with Crippen molar-refractivity contribution in [2.45, 2.75) is 12.8 Å². The first-order valence-electron chi connectivity index (χ1n) is 7.88. The number of benzene rings is 1. The zero-order valence-electron chi connectivity index (χ0n) is 12.9. The Labute approximate surface area is 139 Å². The molecule has 1 atom stereocenters. The van der Waals surface area contributed by atoms with Gasteiger partial charge in [0.25, 0.3) is 0 Å². The number of hydrogen-bond donors (Lipinski definition) is 1. The maximum Gasteiger partial charge on any atom is 0.172 e. The Bertz CT molecular complexity index is 662. The van der Waals surface area contributed by atoms with Crippen LogP contribution in [0.15, 0.2) is 24.4 Å². The van der Waals surface area contributed by atoms with Gasteiger partial charge in [-0.2, -0.15) is 0 Å². The van der Waals surface area contributed by atoms with Crippen LogP contribution in [0.25, 0.3) is 10.9 Å². The molecule has 6 heteroatoms. The van der Waals surface area contributed by atoms with Crippen molar-refractivity contribution in [1.29, 1.82) is 0 Å². The summed E-state index contributed by atoms with van der Waals surface area (Å²) >= 11 is 6.04. The van der Waals surface area contributed by atoms with Gasteiger partial charge in [-0.1, -0.05) is 11.6 Å². The van der Waals surface area contributed by atoms with Gasteiger partial charge in [-0.15, -0.1) is 0 Å². The molecule has 1 saturated heterocycles. The largest absolute Gasteiger partial charge is 0.383 e. The molecular weight excluding hydrogens is 319 g/mol. The minimum atomic E-state index is -0.367. The second-order valence-electron chi connectivity index (χ2n) is 5.70. The summed E-state index contributed by atoms with van der Waals surface area (Å²) in [5.41, 5.74) is 0.733. The van der Waals surface area contributed by atoms with Gasteiger partial charge in [-0.25, -0.2) is 4.39 Å². The molecule has 1 aliphatic heterocycles. The van der Waals surface area contributed by atoms with Crippen molar-refractivity contribution >= 4 is 28.2 Å². The summed E-state index contributed by atoms with van der Waals surface area (Å²) in [6.45, 7) is 3.69. The normalized spacial score (nSPS) is 17.7. The quantitative estimate of drug-likeness (QED) is 0.778. The van der Waals surface area contributed by atoms with Gasteiger partial charge in [0.2, 0.25) is 0 Å². The molecule has 1 fully saturated rings. The van der Waals surface area contributed by atoms with Gasteiger partial charge in [0.05, 0.1) is 23.9 Å². The number of hydrogen-bond acceptors (Lipinski definition) is 4. The molecule has 1 aromatic carbocycles. The molecule has 0 radical (unpaired) electrons. The number of ether oxygens (including phenoxy) is 2. The van der Waals surface area contributed by atoms with Crippen LogP contribution in [0.1, 0.15) is 12.8 Å². The lowest BCUT2D eigenvalue weighted by Gasteiger charge is -2.11. The highest BCUT2D eigenvalue weighted by Gasteiger charge is 2.15. The molecule has 1 aromatic heterocycles. The zero-order valence-corrected chi connectivity index (χ0v) is 13.6. The lowest BCUT2D eigenvalue weighted by molar-refractivity contribution is 0.0897. The van der Waals surface area contributed by atoms with Crippen molar-refractivity contribution < 1.29 is 13.9 Å². The van der Waals surface area contributed by atoms with Gasteiger partial charge in [-0.05, 0) is 31.0 Å². The maximum atomic E-state index is 14.4. The standard InChI is InChI=1S/C17H20ClFN2O2/c18-14-4-7-21-17-13(14)2-3-15(16(17)19)20-6-1-8-22-10-12-5-9-23-11-12/h2-4,7,12,20H,1,5-6,8-11H2. The minimum Gasteiger partial charge on any atom is -0.383 e. The summed E-state index contributed by atoms with van der Waals surface area (Å²) in [6.07, 6.45) is 3.41. The summed E-state index contributed by atoms with van der Waals surface area (Å²) in [7, 11) is 0. The monoisotopic (exact) mass is 338 g/mol. The molecule has 0 aliphatic carbocycles. The molecule has 2 heterocycles. The highest BCUT2D eigenvalue weighted by molar-refractivity contribution is 6.35. The molecule has 1 unspecified atom stereocenters. The molecule has 124 valence electrons. The van der Waals surface area contributed by atoms with Crippen molar-refractivity contribution in [2.24, 2.45) is 5.92 Å². The van der Waals surface area contributed by atoms with Crippen LogP contribution in [0.5, 0.6) is 0 Å². The van der Waals surface area contributed by atoms with Crippen LogP contribution in [0.4, 0.5) is 10.1 Å². The number of aromatic nitrogens is 1. The first-order valence-corrected chi connectivity index (χ1v) is 8.25. The molecule has 2 aromatic rings.